The van der Waals surface area contributed by atoms with Crippen molar-refractivity contribution in [1.29, 1.82) is 0 Å². The third kappa shape index (κ3) is 2.88. The van der Waals surface area contributed by atoms with E-state index in [2.05, 4.69) is 26.7 Å². The van der Waals surface area contributed by atoms with E-state index in [1.807, 2.05) is 26.0 Å². The first-order valence-corrected chi connectivity index (χ1v) is 6.68. The molecule has 7 nitrogen and oxygen atoms in total. The van der Waals surface area contributed by atoms with E-state index in [1.165, 1.54) is 6.07 Å². The van der Waals surface area contributed by atoms with Crippen molar-refractivity contribution in [3.63, 3.8) is 0 Å². The van der Waals surface area contributed by atoms with Gasteiger partial charge in [0.2, 0.25) is 5.89 Å². The van der Waals surface area contributed by atoms with Crippen LogP contribution in [0, 0.1) is 20.8 Å². The molecule has 0 saturated heterocycles. The predicted octanol–water partition coefficient (Wildman–Crippen LogP) is 2.90. The molecular formula is C15H14N4O3. The first-order valence-electron chi connectivity index (χ1n) is 6.68. The zero-order valence-corrected chi connectivity index (χ0v) is 12.4. The zero-order chi connectivity index (χ0) is 15.7. The third-order valence-electron chi connectivity index (χ3n) is 2.97. The Balaban J connectivity index is 1.80. The number of carbonyl (C=O) groups is 1. The molecule has 1 N–H and O–H groups in total. The van der Waals surface area contributed by atoms with Crippen molar-refractivity contribution >= 4 is 11.9 Å². The standard InChI is InChI=1S/C15H14N4O3/c1-8-4-9(2)6-11(5-8)14-17-18-15(21-14)16-13(20)12-7-10(3)22-19-12/h4-7H,1-3H3,(H,16,18,20). The van der Waals surface area contributed by atoms with E-state index in [0.717, 1.165) is 16.7 Å². The molecule has 0 aliphatic heterocycles. The molecule has 0 saturated carbocycles. The summed E-state index contributed by atoms with van der Waals surface area (Å²) in [6.07, 6.45) is 0. The number of anilines is 1. The molecule has 0 radical (unpaired) electrons. The lowest BCUT2D eigenvalue weighted by molar-refractivity contribution is 0.101. The summed E-state index contributed by atoms with van der Waals surface area (Å²) >= 11 is 0. The fraction of sp³-hybridized carbons (Fsp3) is 0.200. The number of carbonyl (C=O) groups excluding carboxylic acids is 1. The number of benzene rings is 1. The summed E-state index contributed by atoms with van der Waals surface area (Å²) in [7, 11) is 0. The van der Waals surface area contributed by atoms with Gasteiger partial charge in [-0.05, 0) is 32.9 Å². The molecular weight excluding hydrogens is 284 g/mol. The molecule has 0 spiro atoms. The first-order chi connectivity index (χ1) is 10.5. The second-order valence-electron chi connectivity index (χ2n) is 5.07. The average molecular weight is 298 g/mol. The Morgan fingerprint density at radius 3 is 2.41 bits per heavy atom. The summed E-state index contributed by atoms with van der Waals surface area (Å²) < 4.78 is 10.3. The molecule has 0 fully saturated rings. The van der Waals surface area contributed by atoms with Gasteiger partial charge in [-0.1, -0.05) is 27.4 Å². The summed E-state index contributed by atoms with van der Waals surface area (Å²) in [5, 5.41) is 13.9. The maximum Gasteiger partial charge on any atom is 0.322 e. The number of nitrogens with one attached hydrogen (secondary N) is 1. The lowest BCUT2D eigenvalue weighted by Gasteiger charge is -2.00. The number of rotatable bonds is 3. The molecule has 2 heterocycles. The molecule has 1 amide bonds. The summed E-state index contributed by atoms with van der Waals surface area (Å²) in [6.45, 7) is 5.68. The number of hydrogen-bond donors (Lipinski definition) is 1. The number of nitrogens with zero attached hydrogens (tertiary/aromatic N) is 3. The normalized spacial score (nSPS) is 10.7. The summed E-state index contributed by atoms with van der Waals surface area (Å²) in [4.78, 5) is 11.9. The highest BCUT2D eigenvalue weighted by molar-refractivity contribution is 6.01. The molecule has 2 aromatic heterocycles. The highest BCUT2D eigenvalue weighted by Gasteiger charge is 2.15. The van der Waals surface area contributed by atoms with Crippen LogP contribution in [0.2, 0.25) is 0 Å². The fourth-order valence-corrected chi connectivity index (χ4v) is 2.12. The van der Waals surface area contributed by atoms with Crippen molar-refractivity contribution in [2.45, 2.75) is 20.8 Å². The van der Waals surface area contributed by atoms with E-state index in [1.54, 1.807) is 6.92 Å². The van der Waals surface area contributed by atoms with Crippen molar-refractivity contribution in [3.8, 4) is 11.5 Å². The smallest absolute Gasteiger partial charge is 0.322 e. The molecule has 0 bridgehead atoms. The SMILES string of the molecule is Cc1cc(C)cc(-c2nnc(NC(=O)c3cc(C)on3)o2)c1. The van der Waals surface area contributed by atoms with Crippen molar-refractivity contribution in [2.24, 2.45) is 0 Å². The van der Waals surface area contributed by atoms with Crippen LogP contribution in [0.25, 0.3) is 11.5 Å². The van der Waals surface area contributed by atoms with Gasteiger partial charge in [-0.2, -0.15) is 0 Å². The van der Waals surface area contributed by atoms with Gasteiger partial charge in [0.05, 0.1) is 0 Å². The van der Waals surface area contributed by atoms with E-state index in [0.29, 0.717) is 11.7 Å². The summed E-state index contributed by atoms with van der Waals surface area (Å²) in [5.74, 6) is 0.428. The van der Waals surface area contributed by atoms with Gasteiger partial charge in [-0.3, -0.25) is 10.1 Å². The Morgan fingerprint density at radius 2 is 1.77 bits per heavy atom. The lowest BCUT2D eigenvalue weighted by atomic mass is 10.1. The van der Waals surface area contributed by atoms with E-state index < -0.39 is 5.91 Å². The zero-order valence-electron chi connectivity index (χ0n) is 12.4. The molecule has 112 valence electrons. The van der Waals surface area contributed by atoms with Crippen molar-refractivity contribution in [3.05, 3.63) is 46.8 Å². The molecule has 1 aromatic carbocycles. The largest absolute Gasteiger partial charge is 0.403 e. The minimum absolute atomic E-state index is 0.0137. The van der Waals surface area contributed by atoms with Crippen LogP contribution in [0.15, 0.2) is 33.2 Å². The molecule has 7 heteroatoms. The molecule has 22 heavy (non-hydrogen) atoms. The summed E-state index contributed by atoms with van der Waals surface area (Å²) in [5.41, 5.74) is 3.15. The lowest BCUT2D eigenvalue weighted by Crippen LogP contribution is -2.12. The first kappa shape index (κ1) is 14.0. The van der Waals surface area contributed by atoms with Gasteiger partial charge in [0, 0.05) is 11.6 Å². The molecule has 0 aliphatic rings. The Bertz CT molecular complexity index is 815. The Labute approximate surface area is 126 Å². The fourth-order valence-electron chi connectivity index (χ4n) is 2.12. The minimum Gasteiger partial charge on any atom is -0.403 e. The van der Waals surface area contributed by atoms with Crippen molar-refractivity contribution < 1.29 is 13.7 Å². The summed E-state index contributed by atoms with van der Waals surface area (Å²) in [6, 6.07) is 7.46. The highest BCUT2D eigenvalue weighted by atomic mass is 16.5. The van der Waals surface area contributed by atoms with Gasteiger partial charge in [0.1, 0.15) is 5.76 Å². The van der Waals surface area contributed by atoms with Crippen LogP contribution in [-0.2, 0) is 0 Å². The van der Waals surface area contributed by atoms with E-state index >= 15 is 0 Å². The maximum atomic E-state index is 11.9. The van der Waals surface area contributed by atoms with E-state index in [-0.39, 0.29) is 11.7 Å². The van der Waals surface area contributed by atoms with Gasteiger partial charge in [-0.15, -0.1) is 5.10 Å². The topological polar surface area (TPSA) is 94.1 Å². The van der Waals surface area contributed by atoms with Gasteiger partial charge in [0.25, 0.3) is 5.91 Å². The molecule has 0 aliphatic carbocycles. The van der Waals surface area contributed by atoms with E-state index in [9.17, 15) is 4.79 Å². The quantitative estimate of drug-likeness (QED) is 0.799. The average Bonchev–Trinajstić information content (AvgIpc) is 3.06. The van der Waals surface area contributed by atoms with Gasteiger partial charge >= 0.3 is 6.01 Å². The van der Waals surface area contributed by atoms with Crippen molar-refractivity contribution in [2.75, 3.05) is 5.32 Å². The van der Waals surface area contributed by atoms with Crippen LogP contribution >= 0.6 is 0 Å². The predicted molar refractivity (Wildman–Crippen MR) is 78.4 cm³/mol. The number of amides is 1. The minimum atomic E-state index is -0.465. The Kier molecular flexibility index (Phi) is 3.46. The second kappa shape index (κ2) is 5.44. The molecule has 0 atom stereocenters. The van der Waals surface area contributed by atoms with Crippen LogP contribution in [-0.4, -0.2) is 21.3 Å². The van der Waals surface area contributed by atoms with Crippen LogP contribution in [0.4, 0.5) is 6.01 Å². The van der Waals surface area contributed by atoms with Gasteiger partial charge in [0.15, 0.2) is 5.69 Å². The number of hydrogen-bond acceptors (Lipinski definition) is 6. The number of aryl methyl sites for hydroxylation is 3. The van der Waals surface area contributed by atoms with Crippen LogP contribution < -0.4 is 5.32 Å². The van der Waals surface area contributed by atoms with Crippen LogP contribution in [0.1, 0.15) is 27.4 Å². The Hall–Kier alpha value is -2.96. The molecule has 0 unspecified atom stereocenters. The second-order valence-corrected chi connectivity index (χ2v) is 5.07. The monoisotopic (exact) mass is 298 g/mol. The highest BCUT2D eigenvalue weighted by Crippen LogP contribution is 2.22. The maximum absolute atomic E-state index is 11.9. The van der Waals surface area contributed by atoms with Crippen LogP contribution in [0.5, 0.6) is 0 Å². The number of aromatic nitrogens is 3. The third-order valence-corrected chi connectivity index (χ3v) is 2.97. The van der Waals surface area contributed by atoms with E-state index in [4.69, 9.17) is 8.94 Å². The van der Waals surface area contributed by atoms with Crippen molar-refractivity contribution in [1.82, 2.24) is 15.4 Å². The van der Waals surface area contributed by atoms with Crippen LogP contribution in [0.3, 0.4) is 0 Å². The Morgan fingerprint density at radius 1 is 1.05 bits per heavy atom. The molecule has 3 aromatic rings. The van der Waals surface area contributed by atoms with Gasteiger partial charge < -0.3 is 8.94 Å². The molecule has 3 rings (SSSR count). The van der Waals surface area contributed by atoms with Gasteiger partial charge in [-0.25, -0.2) is 0 Å².